The van der Waals surface area contributed by atoms with Gasteiger partial charge in [-0.1, -0.05) is 76.9 Å². The standard InChI is InChI=1S/C31H31F6N5.C30H35F6N7.2C2H6/c1-2-41(18-21-8-3-4-9-21)28-24(16-23-10-5-6-11-27(23)40-28)20-42(29-38-12-7-13-39-29)19-22-14-25(30(32,33)34)17-26(15-22)31(35,36)37;1-18-4-3-5-22-12-23(27(39-26(18)22)42(14-19-6-7-19)15-20-8-9-20)17-43(28(37)40-41(2)38)16-21-10-24(29(31,32)33)13-25(11-21)30(34,35)36;2*1-2/h5-7,10-17,21H,2-4,8-9,18-20H2,1H3;3-5,10-13,19-20H,6-9,14-17,38H2,1-2H3,(H2,37,40);2*1-2H3. The number of alkyl halides is 12. The van der Waals surface area contributed by atoms with Crippen molar-refractivity contribution >= 4 is 45.3 Å². The third-order valence-electron chi connectivity index (χ3n) is 15.4. The Morgan fingerprint density at radius 3 is 1.49 bits per heavy atom. The molecule has 3 aliphatic carbocycles. The van der Waals surface area contributed by atoms with E-state index in [9.17, 15) is 52.7 Å². The number of guanidine groups is 1. The highest BCUT2D eigenvalue weighted by molar-refractivity contribution is 5.85. The molecule has 0 saturated heterocycles. The molecule has 3 saturated carbocycles. The quantitative estimate of drug-likeness (QED) is 0.0264. The molecule has 0 radical (unpaired) electrons. The number of para-hydroxylation sites is 2. The highest BCUT2D eigenvalue weighted by Crippen LogP contribution is 2.41. The Kier molecular flexibility index (Phi) is 23.0. The maximum absolute atomic E-state index is 13.6. The number of nitrogens with two attached hydrogens (primary N) is 2. The van der Waals surface area contributed by atoms with Crippen molar-refractivity contribution < 1.29 is 52.7 Å². The molecule has 3 aromatic heterocycles. The van der Waals surface area contributed by atoms with Crippen LogP contribution >= 0.6 is 0 Å². The van der Waals surface area contributed by atoms with E-state index in [1.807, 2.05) is 89.2 Å². The first-order valence-corrected chi connectivity index (χ1v) is 30.1. The Bertz CT molecular complexity index is 3370. The van der Waals surface area contributed by atoms with Gasteiger partial charge < -0.3 is 25.3 Å². The van der Waals surface area contributed by atoms with Crippen molar-refractivity contribution in [2.75, 3.05) is 47.9 Å². The highest BCUT2D eigenvalue weighted by Gasteiger charge is 2.39. The zero-order valence-electron chi connectivity index (χ0n) is 51.1. The van der Waals surface area contributed by atoms with Crippen molar-refractivity contribution in [3.8, 4) is 0 Å². The number of fused-ring (bicyclic) bond motifs is 2. The number of benzene rings is 4. The number of hydrogen-bond acceptors (Lipinski definition) is 10. The number of hydrogen-bond donors (Lipinski definition) is 2. The second kappa shape index (κ2) is 29.8. The van der Waals surface area contributed by atoms with Crippen LogP contribution < -0.4 is 26.3 Å². The number of nitrogens with zero attached hydrogens (tertiary/aromatic N) is 10. The van der Waals surface area contributed by atoms with E-state index in [-0.39, 0.29) is 61.3 Å². The maximum atomic E-state index is 13.6. The lowest BCUT2D eigenvalue weighted by molar-refractivity contribution is -0.144. The molecule has 4 N–H and O–H groups in total. The molecular weight excluding hydrogens is 1180 g/mol. The van der Waals surface area contributed by atoms with Crippen molar-refractivity contribution in [1.29, 1.82) is 0 Å². The molecule has 0 atom stereocenters. The first kappa shape index (κ1) is 68.9. The maximum Gasteiger partial charge on any atom is 0.416 e. The average Bonchev–Trinajstić information content (AvgIpc) is 2.53. The van der Waals surface area contributed by atoms with E-state index in [1.165, 1.54) is 37.2 Å². The number of pyridine rings is 2. The third kappa shape index (κ3) is 19.2. The minimum Gasteiger partial charge on any atom is -0.368 e. The molecule has 4 aromatic carbocycles. The molecule has 482 valence electrons. The number of rotatable bonds is 19. The molecule has 3 aliphatic rings. The van der Waals surface area contributed by atoms with E-state index in [2.05, 4.69) is 31.8 Å². The van der Waals surface area contributed by atoms with Crippen LogP contribution in [0.4, 0.5) is 70.3 Å². The van der Waals surface area contributed by atoms with Crippen LogP contribution in [0.15, 0.2) is 115 Å². The summed E-state index contributed by atoms with van der Waals surface area (Å²) in [6.07, 6.45) is -7.67. The molecule has 0 bridgehead atoms. The predicted molar refractivity (Wildman–Crippen MR) is 326 cm³/mol. The van der Waals surface area contributed by atoms with Crippen LogP contribution in [0, 0.1) is 24.7 Å². The van der Waals surface area contributed by atoms with E-state index in [1.54, 1.807) is 11.0 Å². The smallest absolute Gasteiger partial charge is 0.368 e. The van der Waals surface area contributed by atoms with Gasteiger partial charge in [0.05, 0.1) is 33.3 Å². The molecule has 0 aliphatic heterocycles. The van der Waals surface area contributed by atoms with E-state index < -0.39 is 47.0 Å². The molecule has 3 heterocycles. The molecule has 0 unspecified atom stereocenters. The van der Waals surface area contributed by atoms with Gasteiger partial charge in [0.25, 0.3) is 0 Å². The van der Waals surface area contributed by atoms with Crippen molar-refractivity contribution in [2.24, 2.45) is 34.4 Å². The second-order valence-electron chi connectivity index (χ2n) is 22.4. The largest absolute Gasteiger partial charge is 0.416 e. The third-order valence-corrected chi connectivity index (χ3v) is 15.4. The predicted octanol–water partition coefficient (Wildman–Crippen LogP) is 16.6. The summed E-state index contributed by atoms with van der Waals surface area (Å²) in [5, 5.41) is 6.71. The van der Waals surface area contributed by atoms with E-state index >= 15 is 0 Å². The van der Waals surface area contributed by atoms with Gasteiger partial charge in [-0.2, -0.15) is 52.7 Å². The molecule has 0 spiro atoms. The van der Waals surface area contributed by atoms with Gasteiger partial charge in [-0.3, -0.25) is 0 Å². The lowest BCUT2D eigenvalue weighted by atomic mass is 10.0. The molecule has 12 nitrogen and oxygen atoms in total. The molecule has 89 heavy (non-hydrogen) atoms. The minimum atomic E-state index is -4.97. The van der Waals surface area contributed by atoms with Crippen LogP contribution in [0.3, 0.4) is 0 Å². The van der Waals surface area contributed by atoms with Gasteiger partial charge in [0.15, 0.2) is 0 Å². The topological polar surface area (TPSA) is 132 Å². The monoisotopic (exact) mass is 1250 g/mol. The van der Waals surface area contributed by atoms with Crippen molar-refractivity contribution in [3.05, 3.63) is 160 Å². The SMILES string of the molecule is CC.CC.CCN(CC1CCCC1)c1nc2ccccc2cc1CN(Cc1cc(C(F)(F)F)cc(C(F)(F)F)c1)c1ncccn1.Cc1cccc2cc(CN(Cc3cc(C(F)(F)F)cc(C(F)(F)F)c3)/C(N)=N/N(C)N)c(N(CC3CC3)CC3CC3)nc12. The summed E-state index contributed by atoms with van der Waals surface area (Å²) in [7, 11) is 1.41. The van der Waals surface area contributed by atoms with Crippen LogP contribution in [-0.4, -0.2) is 69.1 Å². The van der Waals surface area contributed by atoms with Crippen LogP contribution in [-0.2, 0) is 50.9 Å². The Labute approximate surface area is 512 Å². The van der Waals surface area contributed by atoms with Gasteiger partial charge in [0.2, 0.25) is 11.9 Å². The van der Waals surface area contributed by atoms with Gasteiger partial charge in [0.1, 0.15) is 11.6 Å². The fraction of sp³-hybridized carbons (Fsp3) is 0.462. The Hall–Kier alpha value is -7.63. The lowest BCUT2D eigenvalue weighted by Crippen LogP contribution is -2.40. The molecule has 7 aromatic rings. The number of hydrazone groups is 1. The zero-order valence-corrected chi connectivity index (χ0v) is 51.1. The lowest BCUT2D eigenvalue weighted by Gasteiger charge is -2.30. The average molecular weight is 1260 g/mol. The van der Waals surface area contributed by atoms with E-state index in [0.29, 0.717) is 36.4 Å². The Morgan fingerprint density at radius 2 is 0.989 bits per heavy atom. The number of halogens is 12. The van der Waals surface area contributed by atoms with E-state index in [0.717, 1.165) is 126 Å². The number of anilines is 3. The normalized spacial score (nSPS) is 14.7. The van der Waals surface area contributed by atoms with Crippen molar-refractivity contribution in [3.63, 3.8) is 0 Å². The summed E-state index contributed by atoms with van der Waals surface area (Å²) in [4.78, 5) is 26.2. The van der Waals surface area contributed by atoms with Crippen LogP contribution in [0.2, 0.25) is 0 Å². The second-order valence-corrected chi connectivity index (χ2v) is 22.4. The molecule has 3 fully saturated rings. The Morgan fingerprint density at radius 1 is 0.528 bits per heavy atom. The fourth-order valence-corrected chi connectivity index (χ4v) is 10.8. The molecule has 0 amide bonds. The number of hydrazine groups is 1. The van der Waals surface area contributed by atoms with Gasteiger partial charge in [0, 0.05) is 93.7 Å². The van der Waals surface area contributed by atoms with E-state index in [4.69, 9.17) is 21.5 Å². The summed E-state index contributed by atoms with van der Waals surface area (Å²) in [6, 6.07) is 22.2. The summed E-state index contributed by atoms with van der Waals surface area (Å²) < 4.78 is 163. The zero-order chi connectivity index (χ0) is 65.0. The summed E-state index contributed by atoms with van der Waals surface area (Å²) in [6.45, 7) is 14.7. The minimum absolute atomic E-state index is 0.0266. The first-order valence-electron chi connectivity index (χ1n) is 30.1. The van der Waals surface area contributed by atoms with Gasteiger partial charge in [-0.15, -0.1) is 5.10 Å². The molecule has 24 heteroatoms. The van der Waals surface area contributed by atoms with Crippen LogP contribution in [0.1, 0.15) is 136 Å². The summed E-state index contributed by atoms with van der Waals surface area (Å²) in [5.74, 6) is 8.83. The van der Waals surface area contributed by atoms with Crippen LogP contribution in [0.5, 0.6) is 0 Å². The van der Waals surface area contributed by atoms with Crippen molar-refractivity contribution in [1.82, 2.24) is 30.0 Å². The van der Waals surface area contributed by atoms with Gasteiger partial charge in [-0.25, -0.2) is 30.9 Å². The van der Waals surface area contributed by atoms with Crippen molar-refractivity contribution in [2.45, 2.75) is 144 Å². The molecule has 10 rings (SSSR count). The van der Waals surface area contributed by atoms with Gasteiger partial charge in [-0.05, 0) is 147 Å². The molecular formula is C65H78F12N12. The first-order chi connectivity index (χ1) is 42.2. The summed E-state index contributed by atoms with van der Waals surface area (Å²) >= 11 is 0. The van der Waals surface area contributed by atoms with Crippen LogP contribution in [0.25, 0.3) is 21.8 Å². The summed E-state index contributed by atoms with van der Waals surface area (Å²) in [5.41, 5.74) is 4.54. The Balaban J connectivity index is 0.000000240. The number of aryl methyl sites for hydroxylation is 1. The fourth-order valence-electron chi connectivity index (χ4n) is 10.8. The highest BCUT2D eigenvalue weighted by atomic mass is 19.4. The number of aromatic nitrogens is 4. The van der Waals surface area contributed by atoms with Gasteiger partial charge >= 0.3 is 24.7 Å².